The summed E-state index contributed by atoms with van der Waals surface area (Å²) in [5.74, 6) is -2.36. The average molecular weight is 297 g/mol. The van der Waals surface area contributed by atoms with Crippen molar-refractivity contribution < 1.29 is 24.3 Å². The monoisotopic (exact) mass is 297 g/mol. The van der Waals surface area contributed by atoms with E-state index in [1.54, 1.807) is 13.8 Å². The molecule has 0 aromatic rings. The molecule has 2 fully saturated rings. The second kappa shape index (κ2) is 5.34. The van der Waals surface area contributed by atoms with Crippen molar-refractivity contribution in [3.05, 3.63) is 0 Å². The average Bonchev–Trinajstić information content (AvgIpc) is 2.82. The Kier molecular flexibility index (Phi) is 3.89. The van der Waals surface area contributed by atoms with Crippen LogP contribution in [0.3, 0.4) is 0 Å². The fraction of sp³-hybridized carbons (Fsp3) is 0.692. The maximum atomic E-state index is 12.3. The number of carbonyl (C=O) groups excluding carboxylic acids is 3. The standard InChI is InChI=1S/C13H19N3O5/c1-13(2)11(20)15-9(17)6-16(13)12(21)14-8-4-3-7(5-8)10(18)19/h7-8H,3-6H2,1-2H3,(H,14,21)(H,18,19)(H,15,17,20)/t7-,8+/m1/s1. The minimum Gasteiger partial charge on any atom is -0.481 e. The number of carboxylic acids is 1. The summed E-state index contributed by atoms with van der Waals surface area (Å²) < 4.78 is 0. The van der Waals surface area contributed by atoms with E-state index >= 15 is 0 Å². The Bertz CT molecular complexity index is 502. The van der Waals surface area contributed by atoms with Crippen LogP contribution in [0.25, 0.3) is 0 Å². The first kappa shape index (κ1) is 15.3. The van der Waals surface area contributed by atoms with E-state index in [0.29, 0.717) is 19.3 Å². The smallest absolute Gasteiger partial charge is 0.318 e. The van der Waals surface area contributed by atoms with Gasteiger partial charge in [-0.2, -0.15) is 0 Å². The van der Waals surface area contributed by atoms with Gasteiger partial charge in [0.05, 0.1) is 5.92 Å². The van der Waals surface area contributed by atoms with Crippen LogP contribution in [0.15, 0.2) is 0 Å². The Morgan fingerprint density at radius 1 is 1.33 bits per heavy atom. The second-order valence-electron chi connectivity index (χ2n) is 6.02. The molecular formula is C13H19N3O5. The molecule has 2 aliphatic rings. The summed E-state index contributed by atoms with van der Waals surface area (Å²) in [6, 6.07) is -0.756. The normalized spacial score (nSPS) is 28.2. The largest absolute Gasteiger partial charge is 0.481 e. The van der Waals surface area contributed by atoms with E-state index < -0.39 is 35.3 Å². The molecule has 3 N–H and O–H groups in total. The molecule has 8 nitrogen and oxygen atoms in total. The fourth-order valence-electron chi connectivity index (χ4n) is 2.70. The predicted octanol–water partition coefficient (Wildman–Crippen LogP) is -0.314. The zero-order valence-corrected chi connectivity index (χ0v) is 12.0. The van der Waals surface area contributed by atoms with Gasteiger partial charge in [-0.05, 0) is 33.1 Å². The maximum absolute atomic E-state index is 12.3. The first-order valence-electron chi connectivity index (χ1n) is 6.87. The van der Waals surface area contributed by atoms with Gasteiger partial charge in [0.1, 0.15) is 12.1 Å². The summed E-state index contributed by atoms with van der Waals surface area (Å²) in [5, 5.41) is 13.9. The molecular weight excluding hydrogens is 278 g/mol. The number of carboxylic acid groups (broad SMARTS) is 1. The maximum Gasteiger partial charge on any atom is 0.318 e. The summed E-state index contributed by atoms with van der Waals surface area (Å²) in [6.07, 6.45) is 1.47. The number of carbonyl (C=O) groups is 4. The van der Waals surface area contributed by atoms with Crippen molar-refractivity contribution >= 4 is 23.8 Å². The number of nitrogens with one attached hydrogen (secondary N) is 2. The summed E-state index contributed by atoms with van der Waals surface area (Å²) >= 11 is 0. The summed E-state index contributed by atoms with van der Waals surface area (Å²) in [6.45, 7) is 2.92. The minimum absolute atomic E-state index is 0.195. The van der Waals surface area contributed by atoms with Crippen molar-refractivity contribution in [2.24, 2.45) is 5.92 Å². The van der Waals surface area contributed by atoms with Crippen LogP contribution in [-0.4, -0.2) is 51.9 Å². The van der Waals surface area contributed by atoms with Crippen molar-refractivity contribution in [3.63, 3.8) is 0 Å². The van der Waals surface area contributed by atoms with Gasteiger partial charge < -0.3 is 15.3 Å². The minimum atomic E-state index is -1.12. The van der Waals surface area contributed by atoms with E-state index in [1.807, 2.05) is 0 Å². The Hall–Kier alpha value is -2.12. The summed E-state index contributed by atoms with van der Waals surface area (Å²) in [4.78, 5) is 47.6. The Morgan fingerprint density at radius 2 is 2.00 bits per heavy atom. The molecule has 0 radical (unpaired) electrons. The van der Waals surface area contributed by atoms with Gasteiger partial charge >= 0.3 is 12.0 Å². The van der Waals surface area contributed by atoms with Crippen LogP contribution in [0, 0.1) is 5.92 Å². The lowest BCUT2D eigenvalue weighted by Crippen LogP contribution is -2.67. The van der Waals surface area contributed by atoms with Crippen LogP contribution in [0.5, 0.6) is 0 Å². The van der Waals surface area contributed by atoms with Gasteiger partial charge in [0, 0.05) is 6.04 Å². The number of hydrogen-bond donors (Lipinski definition) is 3. The van der Waals surface area contributed by atoms with Gasteiger partial charge in [-0.1, -0.05) is 0 Å². The molecule has 1 aliphatic heterocycles. The molecule has 8 heteroatoms. The van der Waals surface area contributed by atoms with E-state index in [0.717, 1.165) is 0 Å². The highest BCUT2D eigenvalue weighted by molar-refractivity contribution is 6.06. The van der Waals surface area contributed by atoms with Crippen LogP contribution in [0.4, 0.5) is 4.79 Å². The van der Waals surface area contributed by atoms with E-state index in [1.165, 1.54) is 4.90 Å². The Morgan fingerprint density at radius 3 is 2.57 bits per heavy atom. The van der Waals surface area contributed by atoms with Crippen LogP contribution in [0.2, 0.25) is 0 Å². The molecule has 0 spiro atoms. The molecule has 0 unspecified atom stereocenters. The Labute approximate surface area is 121 Å². The van der Waals surface area contributed by atoms with Crippen LogP contribution < -0.4 is 10.6 Å². The summed E-state index contributed by atoms with van der Waals surface area (Å²) in [7, 11) is 0. The van der Waals surface area contributed by atoms with Crippen molar-refractivity contribution in [1.82, 2.24) is 15.5 Å². The van der Waals surface area contributed by atoms with E-state index in [-0.39, 0.29) is 12.6 Å². The fourth-order valence-corrected chi connectivity index (χ4v) is 2.70. The highest BCUT2D eigenvalue weighted by Crippen LogP contribution is 2.26. The van der Waals surface area contributed by atoms with Crippen LogP contribution in [0.1, 0.15) is 33.1 Å². The third-order valence-corrected chi connectivity index (χ3v) is 4.14. The molecule has 1 aliphatic carbocycles. The van der Waals surface area contributed by atoms with Crippen molar-refractivity contribution in [2.75, 3.05) is 6.54 Å². The molecule has 0 aromatic heterocycles. The van der Waals surface area contributed by atoms with E-state index in [9.17, 15) is 19.2 Å². The van der Waals surface area contributed by atoms with Gasteiger partial charge in [0.25, 0.3) is 5.91 Å². The highest BCUT2D eigenvalue weighted by atomic mass is 16.4. The summed E-state index contributed by atoms with van der Waals surface area (Å²) in [5.41, 5.74) is -1.12. The van der Waals surface area contributed by atoms with Gasteiger partial charge in [-0.25, -0.2) is 4.79 Å². The molecule has 1 saturated carbocycles. The number of rotatable bonds is 2. The second-order valence-corrected chi connectivity index (χ2v) is 6.02. The molecule has 21 heavy (non-hydrogen) atoms. The number of amides is 4. The topological polar surface area (TPSA) is 116 Å². The zero-order chi connectivity index (χ0) is 15.8. The molecule has 1 heterocycles. The molecule has 0 aromatic carbocycles. The van der Waals surface area contributed by atoms with Gasteiger partial charge in [0.2, 0.25) is 5.91 Å². The zero-order valence-electron chi connectivity index (χ0n) is 12.0. The van der Waals surface area contributed by atoms with Crippen molar-refractivity contribution in [1.29, 1.82) is 0 Å². The number of aliphatic carboxylic acids is 1. The van der Waals surface area contributed by atoms with Gasteiger partial charge in [0.15, 0.2) is 0 Å². The lowest BCUT2D eigenvalue weighted by atomic mass is 9.99. The number of nitrogens with zero attached hydrogens (tertiary/aromatic N) is 1. The molecule has 2 rings (SSSR count). The molecule has 1 saturated heterocycles. The third kappa shape index (κ3) is 2.98. The molecule has 0 bridgehead atoms. The van der Waals surface area contributed by atoms with E-state index in [4.69, 9.17) is 5.11 Å². The number of imide groups is 1. The predicted molar refractivity (Wildman–Crippen MR) is 71.2 cm³/mol. The van der Waals surface area contributed by atoms with Crippen LogP contribution >= 0.6 is 0 Å². The first-order chi connectivity index (χ1) is 9.71. The lowest BCUT2D eigenvalue weighted by molar-refractivity contribution is -0.143. The first-order valence-corrected chi connectivity index (χ1v) is 6.87. The molecule has 2 atom stereocenters. The molecule has 116 valence electrons. The third-order valence-electron chi connectivity index (χ3n) is 4.14. The number of piperazine rings is 1. The van der Waals surface area contributed by atoms with Gasteiger partial charge in [-0.3, -0.25) is 19.7 Å². The highest BCUT2D eigenvalue weighted by Gasteiger charge is 2.44. The van der Waals surface area contributed by atoms with Crippen molar-refractivity contribution in [3.8, 4) is 0 Å². The quantitative estimate of drug-likeness (QED) is 0.604. The number of hydrogen-bond acceptors (Lipinski definition) is 4. The van der Waals surface area contributed by atoms with Crippen LogP contribution in [-0.2, 0) is 14.4 Å². The number of urea groups is 1. The van der Waals surface area contributed by atoms with Gasteiger partial charge in [-0.15, -0.1) is 0 Å². The van der Waals surface area contributed by atoms with E-state index in [2.05, 4.69) is 10.6 Å². The van der Waals surface area contributed by atoms with Crippen molar-refractivity contribution in [2.45, 2.75) is 44.7 Å². The Balaban J connectivity index is 2.01. The SMILES string of the molecule is CC1(C)C(=O)NC(=O)CN1C(=O)N[C@H]1CC[C@@H](C(=O)O)C1. The lowest BCUT2D eigenvalue weighted by Gasteiger charge is -2.40. The molecule has 4 amide bonds.